The van der Waals surface area contributed by atoms with Crippen LogP contribution in [0.3, 0.4) is 0 Å². The molecule has 1 aliphatic carbocycles. The fraction of sp³-hybridized carbons (Fsp3) is 0.209. The predicted molar refractivity (Wildman–Crippen MR) is 190 cm³/mol. The fourth-order valence-corrected chi connectivity index (χ4v) is 7.35. The molecule has 0 saturated carbocycles. The zero-order valence-corrected chi connectivity index (χ0v) is 26.8. The molecule has 0 aliphatic heterocycles. The molecule has 6 aromatic rings. The average molecular weight is 572 g/mol. The number of fused-ring (bicyclic) bond motifs is 5. The molecular weight excluding hydrogens is 530 g/mol. The number of aryl methyl sites for hydroxylation is 2. The van der Waals surface area contributed by atoms with Crippen molar-refractivity contribution in [2.45, 2.75) is 59.3 Å². The first-order chi connectivity index (χ1) is 21.3. The minimum Gasteiger partial charge on any atom is -0.310 e. The molecule has 1 aliphatic rings. The van der Waals surface area contributed by atoms with Crippen LogP contribution in [0.1, 0.15) is 67.9 Å². The van der Waals surface area contributed by atoms with Gasteiger partial charge in [-0.1, -0.05) is 124 Å². The smallest absolute Gasteiger partial charge is 0.0543 e. The van der Waals surface area contributed by atoms with Crippen LogP contribution < -0.4 is 4.90 Å². The third-order valence-corrected chi connectivity index (χ3v) is 9.93. The van der Waals surface area contributed by atoms with E-state index in [4.69, 9.17) is 0 Å². The van der Waals surface area contributed by atoms with Gasteiger partial charge in [0.1, 0.15) is 0 Å². The molecule has 218 valence electrons. The van der Waals surface area contributed by atoms with E-state index in [0.29, 0.717) is 5.92 Å². The Hall–Kier alpha value is -4.62. The van der Waals surface area contributed by atoms with Gasteiger partial charge in [0.15, 0.2) is 0 Å². The minimum absolute atomic E-state index is 0.0999. The Morgan fingerprint density at radius 2 is 1.30 bits per heavy atom. The fourth-order valence-electron chi connectivity index (χ4n) is 7.35. The van der Waals surface area contributed by atoms with E-state index in [2.05, 4.69) is 168 Å². The molecule has 44 heavy (non-hydrogen) atoms. The van der Waals surface area contributed by atoms with E-state index in [0.717, 1.165) is 12.1 Å². The first kappa shape index (κ1) is 28.2. The van der Waals surface area contributed by atoms with Gasteiger partial charge < -0.3 is 4.90 Å². The Labute approximate surface area is 262 Å². The van der Waals surface area contributed by atoms with Crippen LogP contribution in [-0.2, 0) is 5.41 Å². The second-order valence-electron chi connectivity index (χ2n) is 13.1. The summed E-state index contributed by atoms with van der Waals surface area (Å²) in [6.45, 7) is 13.8. The molecule has 0 saturated heterocycles. The van der Waals surface area contributed by atoms with E-state index in [1.165, 1.54) is 72.2 Å². The Morgan fingerprint density at radius 3 is 2.05 bits per heavy atom. The highest BCUT2D eigenvalue weighted by molar-refractivity contribution is 6.10. The van der Waals surface area contributed by atoms with Crippen molar-refractivity contribution in [1.82, 2.24) is 0 Å². The molecule has 1 nitrogen and oxygen atoms in total. The Morgan fingerprint density at radius 1 is 0.614 bits per heavy atom. The largest absolute Gasteiger partial charge is 0.310 e. The van der Waals surface area contributed by atoms with Crippen molar-refractivity contribution < 1.29 is 0 Å². The van der Waals surface area contributed by atoms with Crippen LogP contribution in [0, 0.1) is 13.8 Å². The molecular formula is C43H41N. The van der Waals surface area contributed by atoms with Gasteiger partial charge in [-0.05, 0) is 106 Å². The van der Waals surface area contributed by atoms with E-state index in [-0.39, 0.29) is 5.41 Å². The van der Waals surface area contributed by atoms with Gasteiger partial charge in [-0.15, -0.1) is 0 Å². The quantitative estimate of drug-likeness (QED) is 0.192. The van der Waals surface area contributed by atoms with Gasteiger partial charge in [0.2, 0.25) is 0 Å². The monoisotopic (exact) mass is 571 g/mol. The number of nitrogens with zero attached hydrogens (tertiary/aromatic N) is 1. The van der Waals surface area contributed by atoms with Gasteiger partial charge in [-0.3, -0.25) is 0 Å². The summed E-state index contributed by atoms with van der Waals surface area (Å²) in [4.78, 5) is 2.46. The number of hydrogen-bond donors (Lipinski definition) is 0. The molecule has 6 aromatic carbocycles. The van der Waals surface area contributed by atoms with E-state index < -0.39 is 0 Å². The molecule has 0 N–H and O–H groups in total. The van der Waals surface area contributed by atoms with Gasteiger partial charge in [0, 0.05) is 22.2 Å². The standard InChI is InChI=1S/C43H41N/c1-7-29(3)33-17-11-12-18-35(33)34-24-22-32(26-30(34)4)44(31-15-9-8-10-16-31)41-27-40-42(37-20-14-13-19-36(37)41)38-23-21-28(2)25-39(38)43(40,5)6/h8-27,29H,7H2,1-6H3. The number of hydrogen-bond acceptors (Lipinski definition) is 1. The number of benzene rings is 6. The van der Waals surface area contributed by atoms with Crippen LogP contribution in [0.2, 0.25) is 0 Å². The summed E-state index contributed by atoms with van der Waals surface area (Å²) >= 11 is 0. The van der Waals surface area contributed by atoms with Gasteiger partial charge in [-0.25, -0.2) is 0 Å². The summed E-state index contributed by atoms with van der Waals surface area (Å²) in [6.07, 6.45) is 1.13. The van der Waals surface area contributed by atoms with Crippen LogP contribution in [0.5, 0.6) is 0 Å². The average Bonchev–Trinajstić information content (AvgIpc) is 3.27. The normalized spacial score (nSPS) is 13.9. The molecule has 1 unspecified atom stereocenters. The van der Waals surface area contributed by atoms with Gasteiger partial charge in [0.25, 0.3) is 0 Å². The lowest BCUT2D eigenvalue weighted by Gasteiger charge is -2.30. The molecule has 1 atom stereocenters. The Bertz CT molecular complexity index is 2010. The first-order valence-electron chi connectivity index (χ1n) is 16.0. The molecule has 0 radical (unpaired) electrons. The summed E-state index contributed by atoms with van der Waals surface area (Å²) < 4.78 is 0. The van der Waals surface area contributed by atoms with Crippen LogP contribution in [0.25, 0.3) is 33.0 Å². The maximum atomic E-state index is 2.47. The van der Waals surface area contributed by atoms with Crippen LogP contribution in [0.15, 0.2) is 121 Å². The summed E-state index contributed by atoms with van der Waals surface area (Å²) in [7, 11) is 0. The Kier molecular flexibility index (Phi) is 6.93. The van der Waals surface area contributed by atoms with Crippen molar-refractivity contribution in [2.24, 2.45) is 0 Å². The minimum atomic E-state index is -0.0999. The van der Waals surface area contributed by atoms with Crippen LogP contribution in [0.4, 0.5) is 17.1 Å². The second-order valence-corrected chi connectivity index (χ2v) is 13.1. The highest BCUT2D eigenvalue weighted by Crippen LogP contribution is 2.54. The maximum Gasteiger partial charge on any atom is 0.0543 e. The highest BCUT2D eigenvalue weighted by atomic mass is 15.1. The third-order valence-electron chi connectivity index (χ3n) is 9.93. The lowest BCUT2D eigenvalue weighted by Crippen LogP contribution is -2.17. The van der Waals surface area contributed by atoms with E-state index in [9.17, 15) is 0 Å². The maximum absolute atomic E-state index is 2.47. The predicted octanol–water partition coefficient (Wildman–Crippen LogP) is 12.4. The number of anilines is 3. The third kappa shape index (κ3) is 4.46. The van der Waals surface area contributed by atoms with Crippen molar-refractivity contribution in [3.63, 3.8) is 0 Å². The number of para-hydroxylation sites is 1. The molecule has 0 heterocycles. The van der Waals surface area contributed by atoms with Crippen molar-refractivity contribution in [3.8, 4) is 22.3 Å². The SMILES string of the molecule is CCC(C)c1ccccc1-c1ccc(N(c2ccccc2)c2cc3c(c4ccccc24)-c2ccc(C)cc2C3(C)C)cc1C. The Balaban J connectivity index is 1.46. The van der Waals surface area contributed by atoms with Crippen molar-refractivity contribution in [3.05, 3.63) is 149 Å². The van der Waals surface area contributed by atoms with Crippen LogP contribution in [-0.4, -0.2) is 0 Å². The molecule has 0 bridgehead atoms. The zero-order chi connectivity index (χ0) is 30.6. The summed E-state index contributed by atoms with van der Waals surface area (Å²) in [5.74, 6) is 0.514. The van der Waals surface area contributed by atoms with Crippen molar-refractivity contribution in [1.29, 1.82) is 0 Å². The molecule has 0 fully saturated rings. The number of rotatable bonds is 6. The van der Waals surface area contributed by atoms with E-state index in [1.807, 2.05) is 0 Å². The van der Waals surface area contributed by atoms with Crippen LogP contribution >= 0.6 is 0 Å². The summed E-state index contributed by atoms with van der Waals surface area (Å²) in [5.41, 5.74) is 15.7. The van der Waals surface area contributed by atoms with Gasteiger partial charge >= 0.3 is 0 Å². The topological polar surface area (TPSA) is 3.24 Å². The molecule has 0 spiro atoms. The van der Waals surface area contributed by atoms with Crippen molar-refractivity contribution >= 4 is 27.8 Å². The molecule has 1 heteroatoms. The molecule has 7 rings (SSSR count). The van der Waals surface area contributed by atoms with Crippen molar-refractivity contribution in [2.75, 3.05) is 4.90 Å². The zero-order valence-electron chi connectivity index (χ0n) is 26.8. The molecule has 0 aromatic heterocycles. The van der Waals surface area contributed by atoms with Gasteiger partial charge in [0.05, 0.1) is 5.69 Å². The second kappa shape index (κ2) is 10.8. The van der Waals surface area contributed by atoms with E-state index >= 15 is 0 Å². The lowest BCUT2D eigenvalue weighted by molar-refractivity contribution is 0.660. The highest BCUT2D eigenvalue weighted by Gasteiger charge is 2.38. The lowest BCUT2D eigenvalue weighted by atomic mass is 9.81. The summed E-state index contributed by atoms with van der Waals surface area (Å²) in [5, 5.41) is 2.58. The molecule has 0 amide bonds. The van der Waals surface area contributed by atoms with Gasteiger partial charge in [-0.2, -0.15) is 0 Å². The van der Waals surface area contributed by atoms with E-state index in [1.54, 1.807) is 0 Å². The summed E-state index contributed by atoms with van der Waals surface area (Å²) in [6, 6.07) is 45.2. The first-order valence-corrected chi connectivity index (χ1v) is 16.0.